The SMILES string of the molecule is CN=C(NN)c1cc2ccc(F)cc2s1. The fourth-order valence-electron chi connectivity index (χ4n) is 1.37. The maximum absolute atomic E-state index is 12.9. The van der Waals surface area contributed by atoms with Crippen LogP contribution in [0.5, 0.6) is 0 Å². The molecule has 1 aromatic heterocycles. The molecule has 1 aromatic carbocycles. The predicted octanol–water partition coefficient (Wildman–Crippen LogP) is 1.88. The van der Waals surface area contributed by atoms with Crippen molar-refractivity contribution in [3.63, 3.8) is 0 Å². The third-order valence-electron chi connectivity index (χ3n) is 2.08. The largest absolute Gasteiger partial charge is 0.308 e. The summed E-state index contributed by atoms with van der Waals surface area (Å²) in [6, 6.07) is 6.63. The number of thiophene rings is 1. The van der Waals surface area contributed by atoms with E-state index in [0.717, 1.165) is 15.0 Å². The van der Waals surface area contributed by atoms with E-state index in [9.17, 15) is 4.39 Å². The molecular formula is C10H10FN3S. The van der Waals surface area contributed by atoms with Crippen molar-refractivity contribution in [1.82, 2.24) is 5.43 Å². The van der Waals surface area contributed by atoms with Crippen molar-refractivity contribution in [2.24, 2.45) is 10.8 Å². The summed E-state index contributed by atoms with van der Waals surface area (Å²) in [6.45, 7) is 0. The molecule has 0 aliphatic rings. The van der Waals surface area contributed by atoms with Gasteiger partial charge in [-0.25, -0.2) is 10.2 Å². The third kappa shape index (κ3) is 1.84. The minimum Gasteiger partial charge on any atom is -0.308 e. The van der Waals surface area contributed by atoms with E-state index < -0.39 is 0 Å². The highest BCUT2D eigenvalue weighted by Gasteiger charge is 2.06. The normalized spacial score (nSPS) is 12.1. The number of rotatable bonds is 1. The second kappa shape index (κ2) is 3.96. The Morgan fingerprint density at radius 1 is 1.47 bits per heavy atom. The van der Waals surface area contributed by atoms with E-state index in [4.69, 9.17) is 5.84 Å². The van der Waals surface area contributed by atoms with E-state index in [2.05, 4.69) is 10.4 Å². The molecule has 0 bridgehead atoms. The molecule has 0 amide bonds. The molecule has 0 aliphatic carbocycles. The van der Waals surface area contributed by atoms with Gasteiger partial charge in [-0.2, -0.15) is 0 Å². The van der Waals surface area contributed by atoms with Crippen molar-refractivity contribution in [3.05, 3.63) is 35.0 Å². The van der Waals surface area contributed by atoms with Crippen molar-refractivity contribution in [3.8, 4) is 0 Å². The number of hydrogen-bond donors (Lipinski definition) is 2. The van der Waals surface area contributed by atoms with E-state index in [-0.39, 0.29) is 5.82 Å². The fraction of sp³-hybridized carbons (Fsp3) is 0.100. The number of halogens is 1. The van der Waals surface area contributed by atoms with Crippen LogP contribution in [0.15, 0.2) is 29.3 Å². The fourth-order valence-corrected chi connectivity index (χ4v) is 2.45. The maximum Gasteiger partial charge on any atom is 0.152 e. The van der Waals surface area contributed by atoms with E-state index in [1.165, 1.54) is 23.5 Å². The lowest BCUT2D eigenvalue weighted by atomic mass is 10.2. The summed E-state index contributed by atoms with van der Waals surface area (Å²) in [7, 11) is 1.65. The van der Waals surface area contributed by atoms with Crippen molar-refractivity contribution in [1.29, 1.82) is 0 Å². The summed E-state index contributed by atoms with van der Waals surface area (Å²) in [6.07, 6.45) is 0. The molecule has 0 saturated carbocycles. The Morgan fingerprint density at radius 3 is 2.93 bits per heavy atom. The third-order valence-corrected chi connectivity index (χ3v) is 3.18. The second-order valence-electron chi connectivity index (χ2n) is 3.01. The van der Waals surface area contributed by atoms with Crippen molar-refractivity contribution < 1.29 is 4.39 Å². The summed E-state index contributed by atoms with van der Waals surface area (Å²) >= 11 is 1.46. The average molecular weight is 223 g/mol. The number of nitrogens with two attached hydrogens (primary N) is 1. The summed E-state index contributed by atoms with van der Waals surface area (Å²) < 4.78 is 13.8. The Morgan fingerprint density at radius 2 is 2.27 bits per heavy atom. The molecule has 0 radical (unpaired) electrons. The number of amidine groups is 1. The van der Waals surface area contributed by atoms with Gasteiger partial charge in [0.2, 0.25) is 0 Å². The lowest BCUT2D eigenvalue weighted by molar-refractivity contribution is 0.630. The molecule has 5 heteroatoms. The van der Waals surface area contributed by atoms with Crippen LogP contribution in [0, 0.1) is 5.82 Å². The molecule has 0 spiro atoms. The summed E-state index contributed by atoms with van der Waals surface area (Å²) in [4.78, 5) is 4.90. The first-order chi connectivity index (χ1) is 7.24. The zero-order valence-electron chi connectivity index (χ0n) is 8.12. The van der Waals surface area contributed by atoms with Crippen LogP contribution in [0.25, 0.3) is 10.1 Å². The van der Waals surface area contributed by atoms with Gasteiger partial charge in [0.1, 0.15) is 5.82 Å². The van der Waals surface area contributed by atoms with Crippen LogP contribution in [-0.2, 0) is 0 Å². The Balaban J connectivity index is 2.56. The van der Waals surface area contributed by atoms with Crippen LogP contribution >= 0.6 is 11.3 Å². The van der Waals surface area contributed by atoms with Crippen molar-refractivity contribution >= 4 is 27.3 Å². The highest BCUT2D eigenvalue weighted by atomic mass is 32.1. The van der Waals surface area contributed by atoms with E-state index in [1.54, 1.807) is 13.1 Å². The van der Waals surface area contributed by atoms with Gasteiger partial charge in [0.15, 0.2) is 5.84 Å². The monoisotopic (exact) mass is 223 g/mol. The van der Waals surface area contributed by atoms with E-state index >= 15 is 0 Å². The number of nitrogens with zero attached hydrogens (tertiary/aromatic N) is 1. The van der Waals surface area contributed by atoms with E-state index in [0.29, 0.717) is 5.84 Å². The molecule has 2 aromatic rings. The van der Waals surface area contributed by atoms with Crippen LogP contribution in [0.3, 0.4) is 0 Å². The van der Waals surface area contributed by atoms with Gasteiger partial charge in [-0.3, -0.25) is 4.99 Å². The molecule has 3 nitrogen and oxygen atoms in total. The highest BCUT2D eigenvalue weighted by molar-refractivity contribution is 7.20. The van der Waals surface area contributed by atoms with Crippen LogP contribution in [0.2, 0.25) is 0 Å². The van der Waals surface area contributed by atoms with Gasteiger partial charge in [0.25, 0.3) is 0 Å². The van der Waals surface area contributed by atoms with Gasteiger partial charge in [0.05, 0.1) is 4.88 Å². The molecule has 1 heterocycles. The summed E-state index contributed by atoms with van der Waals surface area (Å²) in [5.41, 5.74) is 2.51. The minimum atomic E-state index is -0.230. The number of hydrogen-bond acceptors (Lipinski definition) is 3. The molecule has 0 saturated heterocycles. The highest BCUT2D eigenvalue weighted by Crippen LogP contribution is 2.26. The standard InChI is InChI=1S/C10H10FN3S/c1-13-10(14-12)9-4-6-2-3-7(11)5-8(6)15-9/h2-5H,12H2,1H3,(H,13,14). The topological polar surface area (TPSA) is 50.4 Å². The Hall–Kier alpha value is -1.46. The zero-order valence-corrected chi connectivity index (χ0v) is 8.94. The summed E-state index contributed by atoms with van der Waals surface area (Å²) in [5, 5.41) is 0.993. The van der Waals surface area contributed by atoms with Crippen LogP contribution in [0.1, 0.15) is 4.88 Å². The van der Waals surface area contributed by atoms with Crippen LogP contribution in [-0.4, -0.2) is 12.9 Å². The maximum atomic E-state index is 12.9. The number of hydrazine groups is 1. The van der Waals surface area contributed by atoms with Crippen molar-refractivity contribution in [2.45, 2.75) is 0 Å². The van der Waals surface area contributed by atoms with Crippen molar-refractivity contribution in [2.75, 3.05) is 7.05 Å². The first-order valence-electron chi connectivity index (χ1n) is 4.37. The second-order valence-corrected chi connectivity index (χ2v) is 4.09. The van der Waals surface area contributed by atoms with Gasteiger partial charge in [-0.05, 0) is 23.6 Å². The Kier molecular flexibility index (Phi) is 2.66. The first-order valence-corrected chi connectivity index (χ1v) is 5.19. The van der Waals surface area contributed by atoms with Crippen LogP contribution in [0.4, 0.5) is 4.39 Å². The predicted molar refractivity (Wildman–Crippen MR) is 61.6 cm³/mol. The average Bonchev–Trinajstić information content (AvgIpc) is 2.62. The zero-order chi connectivity index (χ0) is 10.8. The number of fused-ring (bicyclic) bond motifs is 1. The van der Waals surface area contributed by atoms with Gasteiger partial charge in [0, 0.05) is 11.7 Å². The van der Waals surface area contributed by atoms with Gasteiger partial charge in [-0.1, -0.05) is 6.07 Å². The minimum absolute atomic E-state index is 0.230. The van der Waals surface area contributed by atoms with Crippen LogP contribution < -0.4 is 11.3 Å². The van der Waals surface area contributed by atoms with E-state index in [1.807, 2.05) is 6.07 Å². The number of benzene rings is 1. The molecule has 0 atom stereocenters. The van der Waals surface area contributed by atoms with Gasteiger partial charge in [-0.15, -0.1) is 11.3 Å². The lowest BCUT2D eigenvalue weighted by Crippen LogP contribution is -2.30. The Labute approximate surface area is 90.4 Å². The summed E-state index contributed by atoms with van der Waals surface area (Å²) in [5.74, 6) is 5.70. The lowest BCUT2D eigenvalue weighted by Gasteiger charge is -1.98. The Bertz CT molecular complexity index is 518. The number of aliphatic imine (C=N–C) groups is 1. The molecule has 2 rings (SSSR count). The van der Waals surface area contributed by atoms with Gasteiger partial charge >= 0.3 is 0 Å². The first kappa shape index (κ1) is 10.1. The molecule has 0 aliphatic heterocycles. The molecule has 3 N–H and O–H groups in total. The quantitative estimate of drug-likeness (QED) is 0.335. The smallest absolute Gasteiger partial charge is 0.152 e. The molecule has 0 unspecified atom stereocenters. The molecule has 15 heavy (non-hydrogen) atoms. The molecule has 78 valence electrons. The molecular weight excluding hydrogens is 213 g/mol. The van der Waals surface area contributed by atoms with Gasteiger partial charge < -0.3 is 5.43 Å². The molecule has 0 fully saturated rings. The number of nitrogens with one attached hydrogen (secondary N) is 1.